The minimum absolute atomic E-state index is 0.176. The summed E-state index contributed by atoms with van der Waals surface area (Å²) in [5, 5.41) is 0. The SMILES string of the molecule is CCOC(CCCc1nc2nc(F)ccc2[nH]1)OC. The molecule has 1 unspecified atom stereocenters. The maximum Gasteiger partial charge on any atom is 0.215 e. The zero-order valence-corrected chi connectivity index (χ0v) is 11.1. The van der Waals surface area contributed by atoms with Gasteiger partial charge < -0.3 is 14.5 Å². The molecule has 19 heavy (non-hydrogen) atoms. The molecule has 0 amide bonds. The van der Waals surface area contributed by atoms with Crippen LogP contribution in [0.5, 0.6) is 0 Å². The first-order valence-corrected chi connectivity index (χ1v) is 6.38. The number of imidazole rings is 1. The highest BCUT2D eigenvalue weighted by atomic mass is 19.1. The lowest BCUT2D eigenvalue weighted by Gasteiger charge is -2.14. The van der Waals surface area contributed by atoms with E-state index in [1.165, 1.54) is 6.07 Å². The third kappa shape index (κ3) is 3.71. The van der Waals surface area contributed by atoms with Crippen molar-refractivity contribution in [3.05, 3.63) is 23.9 Å². The van der Waals surface area contributed by atoms with E-state index in [-0.39, 0.29) is 6.29 Å². The second-order valence-corrected chi connectivity index (χ2v) is 4.20. The van der Waals surface area contributed by atoms with Crippen molar-refractivity contribution >= 4 is 11.2 Å². The van der Waals surface area contributed by atoms with Crippen LogP contribution >= 0.6 is 0 Å². The molecule has 0 radical (unpaired) electrons. The summed E-state index contributed by atoms with van der Waals surface area (Å²) in [5.41, 5.74) is 1.17. The summed E-state index contributed by atoms with van der Waals surface area (Å²) in [4.78, 5) is 11.1. The van der Waals surface area contributed by atoms with Gasteiger partial charge in [-0.1, -0.05) is 0 Å². The third-order valence-corrected chi connectivity index (χ3v) is 2.83. The van der Waals surface area contributed by atoms with Gasteiger partial charge in [-0.15, -0.1) is 0 Å². The van der Waals surface area contributed by atoms with Crippen LogP contribution in [0.4, 0.5) is 4.39 Å². The predicted octanol–water partition coefficient (Wildman–Crippen LogP) is 2.43. The lowest BCUT2D eigenvalue weighted by Crippen LogP contribution is -2.15. The summed E-state index contributed by atoms with van der Waals surface area (Å²) in [5.74, 6) is 0.292. The number of halogens is 1. The molecule has 1 N–H and O–H groups in total. The van der Waals surface area contributed by atoms with Gasteiger partial charge in [-0.05, 0) is 31.9 Å². The fraction of sp³-hybridized carbons (Fsp3) is 0.538. The van der Waals surface area contributed by atoms with Gasteiger partial charge in [0, 0.05) is 20.1 Å². The standard InChI is InChI=1S/C13H18FN3O2/c1-3-19-12(18-2)6-4-5-11-15-9-7-8-10(14)16-13(9)17-11/h7-8,12H,3-6H2,1-2H3,(H,15,16,17). The molecule has 2 rings (SSSR count). The molecular weight excluding hydrogens is 249 g/mol. The Bertz CT molecular complexity index is 530. The van der Waals surface area contributed by atoms with Gasteiger partial charge in [-0.2, -0.15) is 9.37 Å². The van der Waals surface area contributed by atoms with E-state index < -0.39 is 5.95 Å². The summed E-state index contributed by atoms with van der Waals surface area (Å²) < 4.78 is 23.5. The Morgan fingerprint density at radius 2 is 2.21 bits per heavy atom. The zero-order valence-electron chi connectivity index (χ0n) is 11.1. The minimum atomic E-state index is -0.513. The molecule has 0 aliphatic carbocycles. The van der Waals surface area contributed by atoms with E-state index in [1.807, 2.05) is 6.92 Å². The maximum atomic E-state index is 12.9. The molecule has 0 saturated heterocycles. The van der Waals surface area contributed by atoms with E-state index in [0.717, 1.165) is 30.6 Å². The Morgan fingerprint density at radius 1 is 1.37 bits per heavy atom. The van der Waals surface area contributed by atoms with Crippen LogP contribution in [0.25, 0.3) is 11.2 Å². The molecule has 0 aliphatic heterocycles. The first kappa shape index (κ1) is 13.9. The Balaban J connectivity index is 1.91. The Kier molecular flexibility index (Phi) is 4.81. The number of nitrogens with one attached hydrogen (secondary N) is 1. The smallest absolute Gasteiger partial charge is 0.215 e. The highest BCUT2D eigenvalue weighted by molar-refractivity contribution is 5.69. The molecule has 0 fully saturated rings. The first-order valence-electron chi connectivity index (χ1n) is 6.38. The molecular formula is C13H18FN3O2. The molecule has 6 heteroatoms. The van der Waals surface area contributed by atoms with Gasteiger partial charge in [0.2, 0.25) is 5.95 Å². The summed E-state index contributed by atoms with van der Waals surface area (Å²) >= 11 is 0. The van der Waals surface area contributed by atoms with Gasteiger partial charge in [0.1, 0.15) is 5.82 Å². The van der Waals surface area contributed by atoms with Gasteiger partial charge in [-0.25, -0.2) is 4.98 Å². The number of hydrogen-bond acceptors (Lipinski definition) is 4. The lowest BCUT2D eigenvalue weighted by atomic mass is 10.2. The number of rotatable bonds is 7. The Hall–Kier alpha value is -1.53. The highest BCUT2D eigenvalue weighted by Crippen LogP contribution is 2.12. The van der Waals surface area contributed by atoms with Crippen LogP contribution in [0.1, 0.15) is 25.6 Å². The van der Waals surface area contributed by atoms with E-state index in [0.29, 0.717) is 12.3 Å². The van der Waals surface area contributed by atoms with E-state index in [1.54, 1.807) is 13.2 Å². The van der Waals surface area contributed by atoms with E-state index in [4.69, 9.17) is 9.47 Å². The summed E-state index contributed by atoms with van der Waals surface area (Å²) in [6, 6.07) is 2.96. The lowest BCUT2D eigenvalue weighted by molar-refractivity contribution is -0.124. The number of aromatic amines is 1. The van der Waals surface area contributed by atoms with Crippen LogP contribution in [0.3, 0.4) is 0 Å². The van der Waals surface area contributed by atoms with E-state index >= 15 is 0 Å². The zero-order chi connectivity index (χ0) is 13.7. The molecule has 0 saturated carbocycles. The monoisotopic (exact) mass is 267 g/mol. The van der Waals surface area contributed by atoms with Crippen LogP contribution in [0, 0.1) is 5.95 Å². The van der Waals surface area contributed by atoms with Crippen molar-refractivity contribution in [2.45, 2.75) is 32.5 Å². The van der Waals surface area contributed by atoms with Crippen molar-refractivity contribution in [3.63, 3.8) is 0 Å². The molecule has 0 aliphatic rings. The van der Waals surface area contributed by atoms with Crippen molar-refractivity contribution in [2.75, 3.05) is 13.7 Å². The number of pyridine rings is 1. The Labute approximate surface area is 111 Å². The van der Waals surface area contributed by atoms with Crippen LogP contribution < -0.4 is 0 Å². The van der Waals surface area contributed by atoms with Crippen molar-refractivity contribution < 1.29 is 13.9 Å². The third-order valence-electron chi connectivity index (χ3n) is 2.83. The molecule has 2 heterocycles. The van der Waals surface area contributed by atoms with Crippen LogP contribution in [0.2, 0.25) is 0 Å². The van der Waals surface area contributed by atoms with Gasteiger partial charge in [0.25, 0.3) is 0 Å². The number of aryl methyl sites for hydroxylation is 1. The summed E-state index contributed by atoms with van der Waals surface area (Å²) in [6.45, 7) is 2.57. The molecule has 0 aromatic carbocycles. The number of fused-ring (bicyclic) bond motifs is 1. The number of methoxy groups -OCH3 is 1. The maximum absolute atomic E-state index is 12.9. The van der Waals surface area contributed by atoms with Crippen LogP contribution in [-0.4, -0.2) is 35.0 Å². The normalized spacial score (nSPS) is 13.0. The number of H-pyrrole nitrogens is 1. The first-order chi connectivity index (χ1) is 9.22. The fourth-order valence-electron chi connectivity index (χ4n) is 1.93. The number of nitrogens with zero attached hydrogens (tertiary/aromatic N) is 2. The van der Waals surface area contributed by atoms with E-state index in [2.05, 4.69) is 15.0 Å². The average molecular weight is 267 g/mol. The minimum Gasteiger partial charge on any atom is -0.356 e. The summed E-state index contributed by atoms with van der Waals surface area (Å²) in [6.07, 6.45) is 2.25. The van der Waals surface area contributed by atoms with Crippen molar-refractivity contribution in [2.24, 2.45) is 0 Å². The van der Waals surface area contributed by atoms with Crippen LogP contribution in [-0.2, 0) is 15.9 Å². The predicted molar refractivity (Wildman–Crippen MR) is 69.2 cm³/mol. The number of aromatic nitrogens is 3. The molecule has 104 valence electrons. The van der Waals surface area contributed by atoms with Crippen molar-refractivity contribution in [1.82, 2.24) is 15.0 Å². The molecule has 1 atom stereocenters. The molecule has 0 bridgehead atoms. The van der Waals surface area contributed by atoms with Gasteiger partial charge in [0.15, 0.2) is 11.9 Å². The van der Waals surface area contributed by atoms with Gasteiger partial charge >= 0.3 is 0 Å². The Morgan fingerprint density at radius 3 is 2.95 bits per heavy atom. The topological polar surface area (TPSA) is 60.0 Å². The van der Waals surface area contributed by atoms with Gasteiger partial charge in [-0.3, -0.25) is 0 Å². The summed E-state index contributed by atoms with van der Waals surface area (Å²) in [7, 11) is 1.63. The molecule has 2 aromatic heterocycles. The van der Waals surface area contributed by atoms with Crippen LogP contribution in [0.15, 0.2) is 12.1 Å². The largest absolute Gasteiger partial charge is 0.356 e. The number of hydrogen-bond donors (Lipinski definition) is 1. The van der Waals surface area contributed by atoms with Crippen molar-refractivity contribution in [3.8, 4) is 0 Å². The van der Waals surface area contributed by atoms with E-state index in [9.17, 15) is 4.39 Å². The fourth-order valence-corrected chi connectivity index (χ4v) is 1.93. The molecule has 5 nitrogen and oxygen atoms in total. The molecule has 2 aromatic rings. The number of ether oxygens (including phenoxy) is 2. The van der Waals surface area contributed by atoms with Gasteiger partial charge in [0.05, 0.1) is 5.52 Å². The highest BCUT2D eigenvalue weighted by Gasteiger charge is 2.08. The second kappa shape index (κ2) is 6.58. The average Bonchev–Trinajstić information content (AvgIpc) is 2.79. The second-order valence-electron chi connectivity index (χ2n) is 4.20. The molecule has 0 spiro atoms. The van der Waals surface area contributed by atoms with Crippen molar-refractivity contribution in [1.29, 1.82) is 0 Å². The quantitative estimate of drug-likeness (QED) is 0.618.